The van der Waals surface area contributed by atoms with Crippen LogP contribution in [0.3, 0.4) is 0 Å². The Hall–Kier alpha value is -1.65. The number of aliphatic hydroxyl groups excluding tert-OH is 5. The first kappa shape index (κ1) is 23.0. The van der Waals surface area contributed by atoms with Crippen molar-refractivity contribution < 1.29 is 35.0 Å². The molecule has 8 heteroatoms. The minimum absolute atomic E-state index is 0.190. The summed E-state index contributed by atoms with van der Waals surface area (Å²) in [7, 11) is 0. The third kappa shape index (κ3) is 5.15. The van der Waals surface area contributed by atoms with Gasteiger partial charge in [-0.1, -0.05) is 24.3 Å². The normalized spacial score (nSPS) is 27.6. The zero-order valence-corrected chi connectivity index (χ0v) is 17.7. The van der Waals surface area contributed by atoms with Gasteiger partial charge in [-0.25, -0.2) is 0 Å². The van der Waals surface area contributed by atoms with Crippen LogP contribution in [0.2, 0.25) is 0 Å². The van der Waals surface area contributed by atoms with E-state index in [1.807, 2.05) is 36.6 Å². The average Bonchev–Trinajstić information content (AvgIpc) is 2.75. The summed E-state index contributed by atoms with van der Waals surface area (Å²) < 4.78 is 11.4. The molecule has 0 aromatic heterocycles. The second kappa shape index (κ2) is 10.1. The predicted molar refractivity (Wildman–Crippen MR) is 112 cm³/mol. The van der Waals surface area contributed by atoms with Crippen molar-refractivity contribution >= 4 is 11.8 Å². The van der Waals surface area contributed by atoms with Gasteiger partial charge >= 0.3 is 0 Å². The molecule has 3 rings (SSSR count). The lowest BCUT2D eigenvalue weighted by Crippen LogP contribution is -2.61. The number of ether oxygens (including phenoxy) is 2. The lowest BCUT2D eigenvalue weighted by molar-refractivity contribution is -0.286. The Bertz CT molecular complexity index is 827. The van der Waals surface area contributed by atoms with E-state index in [2.05, 4.69) is 0 Å². The summed E-state index contributed by atoms with van der Waals surface area (Å²) in [5.41, 5.74) is 2.47. The minimum atomic E-state index is -1.54. The Kier molecular flexibility index (Phi) is 7.75. The van der Waals surface area contributed by atoms with Gasteiger partial charge in [0.15, 0.2) is 0 Å². The third-order valence-electron chi connectivity index (χ3n) is 5.19. The summed E-state index contributed by atoms with van der Waals surface area (Å²) >= 11 is 1.66. The zero-order chi connectivity index (χ0) is 21.8. The Labute approximate surface area is 179 Å². The number of hydrogen-bond acceptors (Lipinski definition) is 8. The van der Waals surface area contributed by atoms with Gasteiger partial charge < -0.3 is 35.0 Å². The summed E-state index contributed by atoms with van der Waals surface area (Å²) in [4.78, 5) is 1.15. The third-order valence-corrected chi connectivity index (χ3v) is 5.94. The van der Waals surface area contributed by atoms with Gasteiger partial charge in [0.1, 0.15) is 30.2 Å². The van der Waals surface area contributed by atoms with E-state index >= 15 is 0 Å². The second-order valence-corrected chi connectivity index (χ2v) is 8.30. The molecule has 0 saturated carbocycles. The van der Waals surface area contributed by atoms with E-state index < -0.39 is 36.8 Å². The van der Waals surface area contributed by atoms with Crippen molar-refractivity contribution in [3.05, 3.63) is 59.2 Å². The van der Waals surface area contributed by atoms with Crippen molar-refractivity contribution in [1.82, 2.24) is 0 Å². The molecule has 7 nitrogen and oxygen atoms in total. The van der Waals surface area contributed by atoms with Gasteiger partial charge in [0.25, 0.3) is 0 Å². The van der Waals surface area contributed by atoms with Crippen molar-refractivity contribution in [2.75, 3.05) is 6.26 Å². The molecule has 1 aliphatic rings. The van der Waals surface area contributed by atoms with Gasteiger partial charge in [0, 0.05) is 11.3 Å². The maximum atomic E-state index is 10.3. The van der Waals surface area contributed by atoms with Crippen LogP contribution in [0.1, 0.15) is 23.6 Å². The van der Waals surface area contributed by atoms with E-state index in [1.165, 1.54) is 6.92 Å². The predicted octanol–water partition coefficient (Wildman–Crippen LogP) is 1.06. The van der Waals surface area contributed by atoms with Crippen LogP contribution in [0.25, 0.3) is 0 Å². The fourth-order valence-electron chi connectivity index (χ4n) is 3.41. The van der Waals surface area contributed by atoms with E-state index in [9.17, 15) is 25.5 Å². The molecule has 0 unspecified atom stereocenters. The molecule has 5 N–H and O–H groups in total. The first-order chi connectivity index (χ1) is 14.3. The molecule has 1 aliphatic heterocycles. The minimum Gasteiger partial charge on any atom is -0.462 e. The highest BCUT2D eigenvalue weighted by atomic mass is 32.2. The molecule has 2 aromatic rings. The van der Waals surface area contributed by atoms with E-state index in [0.29, 0.717) is 17.7 Å². The lowest BCUT2D eigenvalue weighted by Gasteiger charge is -2.41. The number of benzene rings is 2. The highest BCUT2D eigenvalue weighted by Gasteiger charge is 2.46. The Morgan fingerprint density at radius 3 is 2.27 bits per heavy atom. The zero-order valence-electron chi connectivity index (χ0n) is 16.9. The number of aliphatic hydroxyl groups is 5. The van der Waals surface area contributed by atoms with Gasteiger partial charge in [0.05, 0.1) is 12.7 Å². The van der Waals surface area contributed by atoms with Crippen LogP contribution < -0.4 is 4.74 Å². The Morgan fingerprint density at radius 2 is 1.67 bits per heavy atom. The van der Waals surface area contributed by atoms with Gasteiger partial charge in [-0.15, -0.1) is 11.8 Å². The van der Waals surface area contributed by atoms with Crippen LogP contribution >= 0.6 is 11.8 Å². The standard InChI is InChI=1S/C22H28O7S/c1-12(24)21-19(26)18(25)20(27)22(29-21)28-17-10-14(11-23)3-6-15(17)9-13-4-7-16(30-2)8-5-13/h3-8,10,12,18-27H,9,11H2,1-2H3/t12-,18+,19+,20-,21-,22-/m1/s1. The largest absolute Gasteiger partial charge is 0.462 e. The fraction of sp³-hybridized carbons (Fsp3) is 0.455. The first-order valence-electron chi connectivity index (χ1n) is 9.74. The maximum absolute atomic E-state index is 10.3. The molecule has 6 atom stereocenters. The summed E-state index contributed by atoms with van der Waals surface area (Å²) in [6.45, 7) is 1.23. The number of rotatable bonds is 7. The molecule has 164 valence electrons. The van der Waals surface area contributed by atoms with Crippen molar-refractivity contribution in [3.63, 3.8) is 0 Å². The molecule has 0 aliphatic carbocycles. The van der Waals surface area contributed by atoms with Gasteiger partial charge in [-0.05, 0) is 48.1 Å². The van der Waals surface area contributed by atoms with E-state index in [1.54, 1.807) is 23.9 Å². The van der Waals surface area contributed by atoms with Gasteiger partial charge in [-0.3, -0.25) is 0 Å². The van der Waals surface area contributed by atoms with Crippen molar-refractivity contribution in [3.8, 4) is 5.75 Å². The molecule has 0 amide bonds. The summed E-state index contributed by atoms with van der Waals surface area (Å²) in [6, 6.07) is 13.4. The second-order valence-electron chi connectivity index (χ2n) is 7.42. The van der Waals surface area contributed by atoms with Crippen molar-refractivity contribution in [2.24, 2.45) is 0 Å². The van der Waals surface area contributed by atoms with Gasteiger partial charge in [-0.2, -0.15) is 0 Å². The number of thioether (sulfide) groups is 1. The topological polar surface area (TPSA) is 120 Å². The SMILES string of the molecule is CSc1ccc(Cc2ccc(CO)cc2O[C@@H]2O[C@H]([C@@H](C)O)[C@@H](O)[C@H](O)[C@H]2O)cc1. The molecule has 2 aromatic carbocycles. The highest BCUT2D eigenvalue weighted by molar-refractivity contribution is 7.98. The summed E-state index contributed by atoms with van der Waals surface area (Å²) in [5.74, 6) is 0.382. The quantitative estimate of drug-likeness (QED) is 0.409. The lowest BCUT2D eigenvalue weighted by atomic mass is 9.96. The molecule has 30 heavy (non-hydrogen) atoms. The van der Waals surface area contributed by atoms with Crippen LogP contribution in [0.4, 0.5) is 0 Å². The Balaban J connectivity index is 1.86. The molecule has 1 heterocycles. The molecule has 1 fully saturated rings. The molecule has 0 radical (unpaired) electrons. The van der Waals surface area contributed by atoms with Crippen LogP contribution in [-0.2, 0) is 17.8 Å². The maximum Gasteiger partial charge on any atom is 0.229 e. The molecule has 0 bridgehead atoms. The monoisotopic (exact) mass is 436 g/mol. The molecule has 0 spiro atoms. The smallest absolute Gasteiger partial charge is 0.229 e. The average molecular weight is 437 g/mol. The van der Waals surface area contributed by atoms with Crippen LogP contribution in [-0.4, -0.2) is 68.6 Å². The molecular formula is C22H28O7S. The van der Waals surface area contributed by atoms with Crippen LogP contribution in [0.15, 0.2) is 47.4 Å². The molecule has 1 saturated heterocycles. The molecular weight excluding hydrogens is 408 g/mol. The highest BCUT2D eigenvalue weighted by Crippen LogP contribution is 2.30. The summed E-state index contributed by atoms with van der Waals surface area (Å²) in [5, 5.41) is 49.9. The first-order valence-corrected chi connectivity index (χ1v) is 11.0. The van der Waals surface area contributed by atoms with Gasteiger partial charge in [0.2, 0.25) is 6.29 Å². The van der Waals surface area contributed by atoms with E-state index in [0.717, 1.165) is 16.0 Å². The van der Waals surface area contributed by atoms with Crippen LogP contribution in [0, 0.1) is 0 Å². The van der Waals surface area contributed by atoms with Crippen molar-refractivity contribution in [2.45, 2.75) is 61.7 Å². The van der Waals surface area contributed by atoms with Crippen molar-refractivity contribution in [1.29, 1.82) is 0 Å². The fourth-order valence-corrected chi connectivity index (χ4v) is 3.82. The van der Waals surface area contributed by atoms with E-state index in [4.69, 9.17) is 9.47 Å². The van der Waals surface area contributed by atoms with E-state index in [-0.39, 0.29) is 6.61 Å². The van der Waals surface area contributed by atoms with Crippen LogP contribution in [0.5, 0.6) is 5.75 Å². The summed E-state index contributed by atoms with van der Waals surface area (Å²) in [6.07, 6.45) is -5.43. The Morgan fingerprint density at radius 1 is 1.00 bits per heavy atom. The number of hydrogen-bond donors (Lipinski definition) is 5.